The van der Waals surface area contributed by atoms with Gasteiger partial charge in [0.2, 0.25) is 5.91 Å². The number of amides is 2. The Morgan fingerprint density at radius 2 is 2.00 bits per heavy atom. The van der Waals surface area contributed by atoms with E-state index in [1.807, 2.05) is 25.1 Å². The van der Waals surface area contributed by atoms with Gasteiger partial charge in [0, 0.05) is 37.1 Å². The van der Waals surface area contributed by atoms with Crippen LogP contribution in [0, 0.1) is 12.3 Å². The van der Waals surface area contributed by atoms with Crippen molar-refractivity contribution in [3.05, 3.63) is 23.8 Å². The number of ether oxygens (including phenoxy) is 1. The fourth-order valence-corrected chi connectivity index (χ4v) is 5.65. The predicted molar refractivity (Wildman–Crippen MR) is 120 cm³/mol. The Morgan fingerprint density at radius 1 is 1.23 bits per heavy atom. The molecule has 0 radical (unpaired) electrons. The van der Waals surface area contributed by atoms with E-state index in [1.165, 1.54) is 0 Å². The Morgan fingerprint density at radius 3 is 2.71 bits per heavy atom. The Bertz CT molecular complexity index is 821. The lowest BCUT2D eigenvalue weighted by Crippen LogP contribution is -2.50. The average Bonchev–Trinajstić information content (AvgIpc) is 3.04. The van der Waals surface area contributed by atoms with Crippen molar-refractivity contribution in [1.29, 1.82) is 0 Å². The molecule has 2 N–H and O–H groups in total. The van der Waals surface area contributed by atoms with E-state index in [0.717, 1.165) is 75.8 Å². The highest BCUT2D eigenvalue weighted by molar-refractivity contribution is 5.87. The Hall–Kier alpha value is -2.28. The van der Waals surface area contributed by atoms with Crippen LogP contribution in [0.1, 0.15) is 57.4 Å². The molecule has 2 aliphatic heterocycles. The van der Waals surface area contributed by atoms with Crippen molar-refractivity contribution < 1.29 is 19.4 Å². The summed E-state index contributed by atoms with van der Waals surface area (Å²) >= 11 is 0. The van der Waals surface area contributed by atoms with Gasteiger partial charge in [-0.15, -0.1) is 0 Å². The van der Waals surface area contributed by atoms with Gasteiger partial charge in [-0.05, 0) is 82.6 Å². The zero-order chi connectivity index (χ0) is 22.0. The second-order valence-electron chi connectivity index (χ2n) is 9.36. The van der Waals surface area contributed by atoms with Crippen LogP contribution in [0.25, 0.3) is 0 Å². The number of nitrogens with zero attached hydrogens (tertiary/aromatic N) is 2. The van der Waals surface area contributed by atoms with Crippen LogP contribution in [0.5, 0.6) is 0 Å². The van der Waals surface area contributed by atoms with E-state index in [-0.39, 0.29) is 11.5 Å². The number of nitrogens with one attached hydrogen (secondary N) is 1. The molecule has 0 aromatic heterocycles. The van der Waals surface area contributed by atoms with Gasteiger partial charge >= 0.3 is 6.09 Å². The number of benzene rings is 1. The van der Waals surface area contributed by atoms with Gasteiger partial charge in [-0.25, -0.2) is 4.79 Å². The number of carbonyl (C=O) groups is 2. The number of carbonyl (C=O) groups excluding carboxylic acids is 2. The molecule has 2 amide bonds. The molecule has 1 spiro atoms. The van der Waals surface area contributed by atoms with Crippen molar-refractivity contribution in [2.75, 3.05) is 36.5 Å². The Labute approximate surface area is 184 Å². The number of likely N-dealkylation sites (tertiary alicyclic amines) is 1. The molecule has 1 aliphatic carbocycles. The van der Waals surface area contributed by atoms with Gasteiger partial charge in [0.05, 0.1) is 18.1 Å². The largest absolute Gasteiger partial charge is 0.450 e. The summed E-state index contributed by atoms with van der Waals surface area (Å²) in [5, 5.41) is 12.6. The van der Waals surface area contributed by atoms with Crippen LogP contribution in [0.4, 0.5) is 16.2 Å². The quantitative estimate of drug-likeness (QED) is 0.763. The van der Waals surface area contributed by atoms with Crippen LogP contribution in [-0.4, -0.2) is 60.4 Å². The van der Waals surface area contributed by atoms with Crippen LogP contribution < -0.4 is 10.2 Å². The predicted octanol–water partition coefficient (Wildman–Crippen LogP) is 3.69. The molecule has 0 bridgehead atoms. The molecule has 2 heterocycles. The first-order valence-electron chi connectivity index (χ1n) is 11.7. The summed E-state index contributed by atoms with van der Waals surface area (Å²) in [5.41, 5.74) is 2.63. The molecule has 1 unspecified atom stereocenters. The van der Waals surface area contributed by atoms with Crippen molar-refractivity contribution in [2.45, 2.75) is 70.9 Å². The first-order chi connectivity index (χ1) is 14.9. The normalized spacial score (nSPS) is 28.8. The SMILES string of the molecule is CCOC(=O)Nc1ccc(N2CCCC3(CCN(C4CCC(O)CC4)C3=O)C2)c(C)c1. The maximum absolute atomic E-state index is 13.5. The number of hydrogen-bond donors (Lipinski definition) is 2. The molecular weight excluding hydrogens is 394 g/mol. The van der Waals surface area contributed by atoms with Gasteiger partial charge in [-0.3, -0.25) is 10.1 Å². The molecule has 3 fully saturated rings. The highest BCUT2D eigenvalue weighted by Gasteiger charge is 2.50. The molecular formula is C24H35N3O4. The van der Waals surface area contributed by atoms with E-state index < -0.39 is 6.09 Å². The maximum atomic E-state index is 13.5. The number of anilines is 2. The zero-order valence-electron chi connectivity index (χ0n) is 18.7. The van der Waals surface area contributed by atoms with Crippen molar-refractivity contribution in [2.24, 2.45) is 5.41 Å². The second-order valence-corrected chi connectivity index (χ2v) is 9.36. The number of rotatable bonds is 4. The van der Waals surface area contributed by atoms with Gasteiger partial charge in [0.1, 0.15) is 0 Å². The van der Waals surface area contributed by atoms with E-state index in [4.69, 9.17) is 4.74 Å². The minimum Gasteiger partial charge on any atom is -0.450 e. The smallest absolute Gasteiger partial charge is 0.411 e. The Balaban J connectivity index is 1.45. The minimum atomic E-state index is -0.446. The van der Waals surface area contributed by atoms with Crippen LogP contribution >= 0.6 is 0 Å². The second kappa shape index (κ2) is 9.07. The minimum absolute atomic E-state index is 0.197. The molecule has 31 heavy (non-hydrogen) atoms. The lowest BCUT2D eigenvalue weighted by Gasteiger charge is -2.42. The lowest BCUT2D eigenvalue weighted by atomic mass is 9.78. The van der Waals surface area contributed by atoms with E-state index >= 15 is 0 Å². The standard InChI is InChI=1S/C24H35N3O4/c1-3-31-23(30)25-18-5-10-21(17(2)15-18)26-13-4-11-24(16-26)12-14-27(22(24)29)19-6-8-20(28)9-7-19/h5,10,15,19-20,28H,3-4,6-9,11-14,16H2,1-2H3,(H,25,30). The van der Waals surface area contributed by atoms with Gasteiger partial charge < -0.3 is 19.6 Å². The summed E-state index contributed by atoms with van der Waals surface area (Å²) in [5.74, 6) is 0.317. The molecule has 170 valence electrons. The van der Waals surface area contributed by atoms with Crippen LogP contribution in [0.3, 0.4) is 0 Å². The molecule has 3 aliphatic rings. The highest BCUT2D eigenvalue weighted by Crippen LogP contribution is 2.44. The van der Waals surface area contributed by atoms with Gasteiger partial charge in [-0.1, -0.05) is 0 Å². The Kier molecular flexibility index (Phi) is 6.42. The first-order valence-corrected chi connectivity index (χ1v) is 11.7. The van der Waals surface area contributed by atoms with Crippen molar-refractivity contribution in [3.63, 3.8) is 0 Å². The van der Waals surface area contributed by atoms with Crippen molar-refractivity contribution >= 4 is 23.4 Å². The number of aryl methyl sites for hydroxylation is 1. The number of aliphatic hydroxyl groups excluding tert-OH is 1. The fraction of sp³-hybridized carbons (Fsp3) is 0.667. The van der Waals surface area contributed by atoms with Crippen LogP contribution in [-0.2, 0) is 9.53 Å². The van der Waals surface area contributed by atoms with Gasteiger partial charge in [0.25, 0.3) is 0 Å². The summed E-state index contributed by atoms with van der Waals surface area (Å²) in [6.07, 6.45) is 5.68. The topological polar surface area (TPSA) is 82.1 Å². The number of piperidine rings is 1. The van der Waals surface area contributed by atoms with Crippen molar-refractivity contribution in [1.82, 2.24) is 4.90 Å². The summed E-state index contributed by atoms with van der Waals surface area (Å²) in [7, 11) is 0. The summed E-state index contributed by atoms with van der Waals surface area (Å²) in [6.45, 7) is 6.70. The van der Waals surface area contributed by atoms with E-state index in [1.54, 1.807) is 6.92 Å². The summed E-state index contributed by atoms with van der Waals surface area (Å²) in [4.78, 5) is 29.7. The molecule has 1 aromatic carbocycles. The molecule has 1 atom stereocenters. The third-order valence-corrected chi connectivity index (χ3v) is 7.29. The number of hydrogen-bond acceptors (Lipinski definition) is 5. The lowest BCUT2D eigenvalue weighted by molar-refractivity contribution is -0.139. The molecule has 1 aromatic rings. The van der Waals surface area contributed by atoms with Gasteiger partial charge in [0.15, 0.2) is 0 Å². The molecule has 7 heteroatoms. The van der Waals surface area contributed by atoms with Crippen LogP contribution in [0.2, 0.25) is 0 Å². The molecule has 7 nitrogen and oxygen atoms in total. The van der Waals surface area contributed by atoms with E-state index in [2.05, 4.69) is 15.1 Å². The van der Waals surface area contributed by atoms with Crippen molar-refractivity contribution in [3.8, 4) is 0 Å². The highest BCUT2D eigenvalue weighted by atomic mass is 16.5. The zero-order valence-corrected chi connectivity index (χ0v) is 18.7. The van der Waals surface area contributed by atoms with E-state index in [9.17, 15) is 14.7 Å². The average molecular weight is 430 g/mol. The summed E-state index contributed by atoms with van der Waals surface area (Å²) in [6, 6.07) is 6.19. The molecule has 2 saturated heterocycles. The molecule has 1 saturated carbocycles. The summed E-state index contributed by atoms with van der Waals surface area (Å²) < 4.78 is 4.96. The third-order valence-electron chi connectivity index (χ3n) is 7.29. The third kappa shape index (κ3) is 4.52. The monoisotopic (exact) mass is 429 g/mol. The molecule has 4 rings (SSSR count). The van der Waals surface area contributed by atoms with E-state index in [0.29, 0.717) is 24.2 Å². The number of aliphatic hydroxyl groups is 1. The van der Waals surface area contributed by atoms with Crippen LogP contribution in [0.15, 0.2) is 18.2 Å². The maximum Gasteiger partial charge on any atom is 0.411 e. The van der Waals surface area contributed by atoms with Gasteiger partial charge in [-0.2, -0.15) is 0 Å². The first kappa shape index (κ1) is 21.9. The fourth-order valence-electron chi connectivity index (χ4n) is 5.65.